The zero-order valence-corrected chi connectivity index (χ0v) is 13.1. The van der Waals surface area contributed by atoms with Crippen LogP contribution < -0.4 is 5.32 Å². The second kappa shape index (κ2) is 6.90. The number of nitrogens with one attached hydrogen (secondary N) is 1. The third-order valence-electron chi connectivity index (χ3n) is 4.66. The monoisotopic (exact) mass is 283 g/mol. The first kappa shape index (κ1) is 15.8. The summed E-state index contributed by atoms with van der Waals surface area (Å²) < 4.78 is 11.2. The van der Waals surface area contributed by atoms with Crippen LogP contribution in [0.15, 0.2) is 0 Å². The molecule has 2 unspecified atom stereocenters. The molecule has 2 aliphatic rings. The van der Waals surface area contributed by atoms with Gasteiger partial charge in [-0.3, -0.25) is 10.1 Å². The molecule has 0 aromatic rings. The summed E-state index contributed by atoms with van der Waals surface area (Å²) in [7, 11) is 0. The van der Waals surface area contributed by atoms with E-state index >= 15 is 0 Å². The van der Waals surface area contributed by atoms with Crippen molar-refractivity contribution in [2.45, 2.75) is 77.0 Å². The summed E-state index contributed by atoms with van der Waals surface area (Å²) in [4.78, 5) is 12.5. The van der Waals surface area contributed by atoms with Crippen LogP contribution in [0, 0.1) is 5.92 Å². The molecule has 1 aliphatic carbocycles. The van der Waals surface area contributed by atoms with E-state index in [9.17, 15) is 4.79 Å². The summed E-state index contributed by atoms with van der Waals surface area (Å²) in [5.41, 5.74) is -0.530. The molecule has 0 aromatic heterocycles. The van der Waals surface area contributed by atoms with E-state index in [1.165, 1.54) is 25.7 Å². The highest BCUT2D eigenvalue weighted by atomic mass is 16.5. The highest BCUT2D eigenvalue weighted by molar-refractivity contribution is 5.81. The van der Waals surface area contributed by atoms with Gasteiger partial charge in [0.25, 0.3) is 0 Å². The Bertz CT molecular complexity index is 322. The van der Waals surface area contributed by atoms with Gasteiger partial charge < -0.3 is 9.47 Å². The van der Waals surface area contributed by atoms with Crippen LogP contribution in [-0.4, -0.2) is 36.9 Å². The molecule has 2 atom stereocenters. The molecular formula is C16H29NO3. The highest BCUT2D eigenvalue weighted by Gasteiger charge is 2.46. The van der Waals surface area contributed by atoms with Crippen LogP contribution in [0.25, 0.3) is 0 Å². The van der Waals surface area contributed by atoms with Crippen LogP contribution in [0.4, 0.5) is 0 Å². The van der Waals surface area contributed by atoms with Gasteiger partial charge in [0, 0.05) is 19.1 Å². The van der Waals surface area contributed by atoms with Gasteiger partial charge in [0.2, 0.25) is 0 Å². The van der Waals surface area contributed by atoms with Crippen LogP contribution in [-0.2, 0) is 14.3 Å². The fourth-order valence-electron chi connectivity index (χ4n) is 3.42. The molecular weight excluding hydrogens is 254 g/mol. The Kier molecular flexibility index (Phi) is 5.44. The summed E-state index contributed by atoms with van der Waals surface area (Å²) in [5.74, 6) is 0.343. The van der Waals surface area contributed by atoms with E-state index in [-0.39, 0.29) is 12.1 Å². The Balaban J connectivity index is 2.11. The smallest absolute Gasteiger partial charge is 0.326 e. The van der Waals surface area contributed by atoms with Gasteiger partial charge in [0.05, 0.1) is 12.7 Å². The molecule has 116 valence electrons. The third-order valence-corrected chi connectivity index (χ3v) is 4.66. The minimum atomic E-state index is -0.530. The molecule has 0 aromatic carbocycles. The van der Waals surface area contributed by atoms with Crippen LogP contribution in [0.2, 0.25) is 0 Å². The molecule has 1 N–H and O–H groups in total. The Labute approximate surface area is 122 Å². The van der Waals surface area contributed by atoms with Gasteiger partial charge >= 0.3 is 5.97 Å². The first-order chi connectivity index (χ1) is 9.57. The largest absolute Gasteiger partial charge is 0.465 e. The van der Waals surface area contributed by atoms with Crippen LogP contribution >= 0.6 is 0 Å². The van der Waals surface area contributed by atoms with Gasteiger partial charge in [-0.1, -0.05) is 26.7 Å². The molecule has 4 nitrogen and oxygen atoms in total. The lowest BCUT2D eigenvalue weighted by atomic mass is 9.82. The first-order valence-electron chi connectivity index (χ1n) is 8.14. The molecule has 1 saturated heterocycles. The molecule has 1 aliphatic heterocycles. The van der Waals surface area contributed by atoms with Gasteiger partial charge in [0.15, 0.2) is 0 Å². The van der Waals surface area contributed by atoms with Gasteiger partial charge in [-0.25, -0.2) is 0 Å². The van der Waals surface area contributed by atoms with Crippen molar-refractivity contribution in [2.24, 2.45) is 5.92 Å². The number of esters is 1. The quantitative estimate of drug-likeness (QED) is 0.788. The second-order valence-electron chi connectivity index (χ2n) is 6.54. The average Bonchev–Trinajstić information content (AvgIpc) is 2.92. The van der Waals surface area contributed by atoms with E-state index in [1.54, 1.807) is 0 Å². The standard InChI is InChI=1S/C16H29NO3/c1-4-19-15(18)16(17-13-7-5-6-8-13)9-10-20-14(11-16)12(2)3/h12-14,17H,4-11H2,1-3H3. The van der Waals surface area contributed by atoms with E-state index in [2.05, 4.69) is 19.2 Å². The van der Waals surface area contributed by atoms with E-state index in [4.69, 9.17) is 9.47 Å². The lowest BCUT2D eigenvalue weighted by Gasteiger charge is -2.42. The summed E-state index contributed by atoms with van der Waals surface area (Å²) in [6.45, 7) is 7.27. The zero-order valence-electron chi connectivity index (χ0n) is 13.1. The second-order valence-corrected chi connectivity index (χ2v) is 6.54. The number of hydrogen-bond acceptors (Lipinski definition) is 4. The predicted octanol–water partition coefficient (Wildman–Crippen LogP) is 2.66. The first-order valence-corrected chi connectivity index (χ1v) is 8.14. The van der Waals surface area contributed by atoms with E-state index < -0.39 is 5.54 Å². The fourth-order valence-corrected chi connectivity index (χ4v) is 3.42. The maximum atomic E-state index is 12.5. The summed E-state index contributed by atoms with van der Waals surface area (Å²) in [6.07, 6.45) is 6.48. The lowest BCUT2D eigenvalue weighted by Crippen LogP contribution is -2.61. The topological polar surface area (TPSA) is 47.6 Å². The SMILES string of the molecule is CCOC(=O)C1(NC2CCCC2)CCOC(C(C)C)C1. The van der Waals surface area contributed by atoms with Crippen molar-refractivity contribution >= 4 is 5.97 Å². The normalized spacial score (nSPS) is 31.7. The Hall–Kier alpha value is -0.610. The number of ether oxygens (including phenoxy) is 2. The lowest BCUT2D eigenvalue weighted by molar-refractivity contribution is -0.160. The van der Waals surface area contributed by atoms with Crippen molar-refractivity contribution in [3.63, 3.8) is 0 Å². The van der Waals surface area contributed by atoms with Gasteiger partial charge in [0.1, 0.15) is 5.54 Å². The molecule has 20 heavy (non-hydrogen) atoms. The fraction of sp³-hybridized carbons (Fsp3) is 0.938. The molecule has 1 heterocycles. The molecule has 0 bridgehead atoms. The molecule has 0 radical (unpaired) electrons. The highest BCUT2D eigenvalue weighted by Crippen LogP contribution is 2.32. The molecule has 2 fully saturated rings. The van der Waals surface area contributed by atoms with Gasteiger partial charge in [-0.15, -0.1) is 0 Å². The molecule has 0 amide bonds. The number of hydrogen-bond donors (Lipinski definition) is 1. The average molecular weight is 283 g/mol. The zero-order chi connectivity index (χ0) is 14.6. The minimum absolute atomic E-state index is 0.0825. The van der Waals surface area contributed by atoms with Gasteiger partial charge in [-0.2, -0.15) is 0 Å². The van der Waals surface area contributed by atoms with Crippen LogP contribution in [0.3, 0.4) is 0 Å². The summed E-state index contributed by atoms with van der Waals surface area (Å²) in [6, 6.07) is 0.463. The van der Waals surface area contributed by atoms with Crippen molar-refractivity contribution in [2.75, 3.05) is 13.2 Å². The van der Waals surface area contributed by atoms with Crippen LogP contribution in [0.1, 0.15) is 59.3 Å². The maximum absolute atomic E-state index is 12.5. The van der Waals surface area contributed by atoms with Crippen molar-refractivity contribution in [1.29, 1.82) is 0 Å². The van der Waals surface area contributed by atoms with Crippen molar-refractivity contribution in [3.05, 3.63) is 0 Å². The van der Waals surface area contributed by atoms with Gasteiger partial charge in [-0.05, 0) is 32.1 Å². The molecule has 4 heteroatoms. The molecule has 1 saturated carbocycles. The maximum Gasteiger partial charge on any atom is 0.326 e. The minimum Gasteiger partial charge on any atom is -0.465 e. The summed E-state index contributed by atoms with van der Waals surface area (Å²) in [5, 5.41) is 3.65. The van der Waals surface area contributed by atoms with Crippen LogP contribution in [0.5, 0.6) is 0 Å². The molecule has 0 spiro atoms. The third kappa shape index (κ3) is 3.53. The Morgan fingerprint density at radius 2 is 2.10 bits per heavy atom. The Morgan fingerprint density at radius 1 is 1.40 bits per heavy atom. The van der Waals surface area contributed by atoms with Crippen molar-refractivity contribution < 1.29 is 14.3 Å². The van der Waals surface area contributed by atoms with E-state index in [0.29, 0.717) is 25.2 Å². The number of carbonyl (C=O) groups excluding carboxylic acids is 1. The number of carbonyl (C=O) groups is 1. The number of rotatable bonds is 5. The predicted molar refractivity (Wildman–Crippen MR) is 78.6 cm³/mol. The van der Waals surface area contributed by atoms with E-state index in [0.717, 1.165) is 12.8 Å². The van der Waals surface area contributed by atoms with E-state index in [1.807, 2.05) is 6.92 Å². The molecule has 2 rings (SSSR count). The Morgan fingerprint density at radius 3 is 2.70 bits per heavy atom. The summed E-state index contributed by atoms with van der Waals surface area (Å²) >= 11 is 0. The van der Waals surface area contributed by atoms with Crippen molar-refractivity contribution in [1.82, 2.24) is 5.32 Å². The van der Waals surface area contributed by atoms with Crippen molar-refractivity contribution in [3.8, 4) is 0 Å².